The van der Waals surface area contributed by atoms with Crippen molar-refractivity contribution in [2.75, 3.05) is 39.3 Å². The van der Waals surface area contributed by atoms with Crippen LogP contribution in [0.2, 0.25) is 0 Å². The molecule has 7 nitrogen and oxygen atoms in total. The van der Waals surface area contributed by atoms with Crippen molar-refractivity contribution in [3.8, 4) is 0 Å². The van der Waals surface area contributed by atoms with Gasteiger partial charge < -0.3 is 9.80 Å². The molecule has 1 aromatic rings. The predicted octanol–water partition coefficient (Wildman–Crippen LogP) is 1.94. The Bertz CT molecular complexity index is 847. The molecule has 2 amide bonds. The lowest BCUT2D eigenvalue weighted by molar-refractivity contribution is -0.141. The van der Waals surface area contributed by atoms with E-state index in [2.05, 4.69) is 0 Å². The molecule has 0 radical (unpaired) electrons. The van der Waals surface area contributed by atoms with E-state index in [-0.39, 0.29) is 24.2 Å². The first-order chi connectivity index (χ1) is 13.9. The highest BCUT2D eigenvalue weighted by Gasteiger charge is 2.31. The van der Waals surface area contributed by atoms with Crippen molar-refractivity contribution < 1.29 is 18.0 Å². The Balaban J connectivity index is 1.30. The molecule has 4 rings (SSSR count). The van der Waals surface area contributed by atoms with Gasteiger partial charge in [-0.15, -0.1) is 11.3 Å². The number of carbonyl (C=O) groups excluding carboxylic acids is 2. The quantitative estimate of drug-likeness (QED) is 0.702. The first-order valence-electron chi connectivity index (χ1n) is 10.6. The molecule has 0 spiro atoms. The SMILES string of the molecule is O=C(Cc1ccc(S(=O)(=O)N2CCCC2)s1)N1CCN(C(=O)C2CCCC2)CC1. The van der Waals surface area contributed by atoms with Gasteiger partial charge in [-0.2, -0.15) is 4.31 Å². The molecule has 0 aromatic carbocycles. The summed E-state index contributed by atoms with van der Waals surface area (Å²) >= 11 is 1.20. The average Bonchev–Trinajstić information content (AvgIpc) is 3.50. The third-order valence-corrected chi connectivity index (χ3v) is 9.72. The number of piperazine rings is 1. The molecule has 0 unspecified atom stereocenters. The summed E-state index contributed by atoms with van der Waals surface area (Å²) < 4.78 is 27.2. The summed E-state index contributed by atoms with van der Waals surface area (Å²) in [4.78, 5) is 29.7. The number of hydrogen-bond acceptors (Lipinski definition) is 5. The van der Waals surface area contributed by atoms with Crippen LogP contribution in [0, 0.1) is 5.92 Å². The maximum Gasteiger partial charge on any atom is 0.252 e. The predicted molar refractivity (Wildman–Crippen MR) is 111 cm³/mol. The summed E-state index contributed by atoms with van der Waals surface area (Å²) in [5.41, 5.74) is 0. The monoisotopic (exact) mass is 439 g/mol. The van der Waals surface area contributed by atoms with Crippen molar-refractivity contribution in [1.82, 2.24) is 14.1 Å². The first-order valence-corrected chi connectivity index (χ1v) is 12.9. The van der Waals surface area contributed by atoms with E-state index in [0.717, 1.165) is 43.4 Å². The fourth-order valence-corrected chi connectivity index (χ4v) is 7.53. The summed E-state index contributed by atoms with van der Waals surface area (Å²) in [5, 5.41) is 0. The number of hydrogen-bond donors (Lipinski definition) is 0. The number of sulfonamides is 1. The van der Waals surface area contributed by atoms with Crippen molar-refractivity contribution in [1.29, 1.82) is 0 Å². The van der Waals surface area contributed by atoms with E-state index in [1.165, 1.54) is 15.6 Å². The number of nitrogens with zero attached hydrogens (tertiary/aromatic N) is 3. The summed E-state index contributed by atoms with van der Waals surface area (Å²) in [7, 11) is -3.42. The largest absolute Gasteiger partial charge is 0.339 e. The summed E-state index contributed by atoms with van der Waals surface area (Å²) in [5.74, 6) is 0.439. The van der Waals surface area contributed by atoms with Gasteiger partial charge in [0.05, 0.1) is 6.42 Å². The molecular weight excluding hydrogens is 410 g/mol. The Morgan fingerprint density at radius 3 is 2.17 bits per heavy atom. The molecule has 3 aliphatic rings. The van der Waals surface area contributed by atoms with Gasteiger partial charge in [-0.1, -0.05) is 12.8 Å². The minimum atomic E-state index is -3.42. The number of amides is 2. The molecule has 0 bridgehead atoms. The van der Waals surface area contributed by atoms with E-state index in [9.17, 15) is 18.0 Å². The van der Waals surface area contributed by atoms with Gasteiger partial charge in [0.1, 0.15) is 4.21 Å². The van der Waals surface area contributed by atoms with Crippen molar-refractivity contribution in [3.63, 3.8) is 0 Å². The fourth-order valence-electron chi connectivity index (χ4n) is 4.52. The lowest BCUT2D eigenvalue weighted by Gasteiger charge is -2.36. The normalized spacial score (nSPS) is 21.8. The zero-order valence-electron chi connectivity index (χ0n) is 16.7. The summed E-state index contributed by atoms with van der Waals surface area (Å²) in [6.07, 6.45) is 6.32. The smallest absolute Gasteiger partial charge is 0.252 e. The van der Waals surface area contributed by atoms with Gasteiger partial charge in [0.15, 0.2) is 0 Å². The lowest BCUT2D eigenvalue weighted by atomic mass is 10.1. The van der Waals surface area contributed by atoms with Crippen molar-refractivity contribution >= 4 is 33.2 Å². The second-order valence-electron chi connectivity index (χ2n) is 8.20. The highest BCUT2D eigenvalue weighted by Crippen LogP contribution is 2.29. The minimum absolute atomic E-state index is 0.00457. The molecule has 160 valence electrons. The third-order valence-electron chi connectivity index (χ3n) is 6.27. The molecule has 1 saturated carbocycles. The van der Waals surface area contributed by atoms with E-state index in [1.807, 2.05) is 4.90 Å². The van der Waals surface area contributed by atoms with Crippen LogP contribution in [-0.4, -0.2) is 73.6 Å². The number of thiophene rings is 1. The van der Waals surface area contributed by atoms with Gasteiger partial charge in [-0.3, -0.25) is 9.59 Å². The Labute approximate surface area is 176 Å². The molecule has 3 heterocycles. The molecule has 9 heteroatoms. The van der Waals surface area contributed by atoms with Crippen LogP contribution in [0.5, 0.6) is 0 Å². The zero-order chi connectivity index (χ0) is 20.4. The molecule has 3 fully saturated rings. The van der Waals surface area contributed by atoms with Crippen LogP contribution in [0.3, 0.4) is 0 Å². The topological polar surface area (TPSA) is 78.0 Å². The summed E-state index contributed by atoms with van der Waals surface area (Å²) in [6.45, 7) is 3.47. The van der Waals surface area contributed by atoms with E-state index < -0.39 is 10.0 Å². The highest BCUT2D eigenvalue weighted by atomic mass is 32.2. The molecule has 2 saturated heterocycles. The van der Waals surface area contributed by atoms with E-state index in [4.69, 9.17) is 0 Å². The number of carbonyl (C=O) groups is 2. The van der Waals surface area contributed by atoms with Crippen molar-refractivity contribution in [2.24, 2.45) is 5.92 Å². The van der Waals surface area contributed by atoms with Crippen LogP contribution in [0.1, 0.15) is 43.4 Å². The standard InChI is InChI=1S/C20H29N3O4S2/c24-18(21-11-13-22(14-12-21)20(25)16-5-1-2-6-16)15-17-7-8-19(28-17)29(26,27)23-9-3-4-10-23/h7-8,16H,1-6,9-15H2. The van der Waals surface area contributed by atoms with Gasteiger partial charge in [0.2, 0.25) is 11.8 Å². The molecular formula is C20H29N3O4S2. The van der Waals surface area contributed by atoms with Gasteiger partial charge in [-0.25, -0.2) is 8.42 Å². The van der Waals surface area contributed by atoms with E-state index >= 15 is 0 Å². The van der Waals surface area contributed by atoms with Crippen LogP contribution in [0.15, 0.2) is 16.3 Å². The molecule has 2 aliphatic heterocycles. The Morgan fingerprint density at radius 1 is 0.897 bits per heavy atom. The Kier molecular flexibility index (Phi) is 6.27. The van der Waals surface area contributed by atoms with Gasteiger partial charge in [0.25, 0.3) is 10.0 Å². The number of rotatable bonds is 5. The molecule has 29 heavy (non-hydrogen) atoms. The summed E-state index contributed by atoms with van der Waals surface area (Å²) in [6, 6.07) is 3.38. The van der Waals surface area contributed by atoms with Gasteiger partial charge in [0, 0.05) is 50.1 Å². The van der Waals surface area contributed by atoms with Crippen LogP contribution in [0.4, 0.5) is 0 Å². The average molecular weight is 440 g/mol. The second-order valence-corrected chi connectivity index (χ2v) is 11.5. The van der Waals surface area contributed by atoms with Gasteiger partial charge in [-0.05, 0) is 37.8 Å². The first kappa shape index (κ1) is 20.8. The zero-order valence-corrected chi connectivity index (χ0v) is 18.3. The Morgan fingerprint density at radius 2 is 1.52 bits per heavy atom. The maximum absolute atomic E-state index is 12.7. The molecule has 1 aliphatic carbocycles. The minimum Gasteiger partial charge on any atom is -0.339 e. The van der Waals surface area contributed by atoms with Gasteiger partial charge >= 0.3 is 0 Å². The van der Waals surface area contributed by atoms with E-state index in [1.54, 1.807) is 17.0 Å². The highest BCUT2D eigenvalue weighted by molar-refractivity contribution is 7.91. The molecule has 1 aromatic heterocycles. The van der Waals surface area contributed by atoms with Crippen molar-refractivity contribution in [2.45, 2.75) is 49.2 Å². The fraction of sp³-hybridized carbons (Fsp3) is 0.700. The van der Waals surface area contributed by atoms with Crippen LogP contribution >= 0.6 is 11.3 Å². The second kappa shape index (κ2) is 8.73. The van der Waals surface area contributed by atoms with Crippen LogP contribution in [0.25, 0.3) is 0 Å². The van der Waals surface area contributed by atoms with Crippen molar-refractivity contribution in [3.05, 3.63) is 17.0 Å². The van der Waals surface area contributed by atoms with Crippen LogP contribution < -0.4 is 0 Å². The lowest BCUT2D eigenvalue weighted by Crippen LogP contribution is -2.52. The molecule has 0 atom stereocenters. The van der Waals surface area contributed by atoms with E-state index in [0.29, 0.717) is 43.5 Å². The van der Waals surface area contributed by atoms with Crippen LogP contribution in [-0.2, 0) is 26.0 Å². The Hall–Kier alpha value is -1.45. The molecule has 0 N–H and O–H groups in total. The third kappa shape index (κ3) is 4.51. The maximum atomic E-state index is 12.7.